The second-order valence-electron chi connectivity index (χ2n) is 6.52. The maximum atomic E-state index is 12.2. The summed E-state index contributed by atoms with van der Waals surface area (Å²) in [5.41, 5.74) is 3.01. The maximum absolute atomic E-state index is 12.2. The van der Waals surface area contributed by atoms with Crippen LogP contribution in [0, 0.1) is 18.3 Å². The van der Waals surface area contributed by atoms with Crippen molar-refractivity contribution in [3.8, 4) is 17.6 Å². The standard InChI is InChI=1S/C23H17N3O3/c1-15-17(12-18(14-24)26(15)2)13-21-23(27)29-22(25-21)16-8-10-20(11-9-16)28-19-6-4-3-5-7-19/h3-13H,1-2H3/b21-13+. The number of aromatic nitrogens is 1. The lowest BCUT2D eigenvalue weighted by molar-refractivity contribution is -0.129. The Morgan fingerprint density at radius 3 is 2.45 bits per heavy atom. The fourth-order valence-electron chi connectivity index (χ4n) is 2.95. The van der Waals surface area contributed by atoms with Gasteiger partial charge >= 0.3 is 5.97 Å². The van der Waals surface area contributed by atoms with Gasteiger partial charge in [0.05, 0.1) is 0 Å². The average molecular weight is 383 g/mol. The largest absolute Gasteiger partial charge is 0.457 e. The summed E-state index contributed by atoms with van der Waals surface area (Å²) < 4.78 is 12.9. The van der Waals surface area contributed by atoms with Crippen LogP contribution in [-0.4, -0.2) is 16.4 Å². The molecule has 4 rings (SSSR count). The van der Waals surface area contributed by atoms with E-state index >= 15 is 0 Å². The highest BCUT2D eigenvalue weighted by molar-refractivity contribution is 6.12. The van der Waals surface area contributed by atoms with Crippen LogP contribution in [-0.2, 0) is 16.6 Å². The Hall–Kier alpha value is -4.11. The molecule has 0 atom stereocenters. The fourth-order valence-corrected chi connectivity index (χ4v) is 2.95. The first-order valence-corrected chi connectivity index (χ1v) is 8.97. The van der Waals surface area contributed by atoms with Crippen molar-refractivity contribution >= 4 is 17.9 Å². The topological polar surface area (TPSA) is 76.6 Å². The molecule has 0 saturated heterocycles. The highest BCUT2D eigenvalue weighted by Crippen LogP contribution is 2.25. The normalized spacial score (nSPS) is 14.4. The summed E-state index contributed by atoms with van der Waals surface area (Å²) >= 11 is 0. The molecule has 6 nitrogen and oxygen atoms in total. The molecule has 0 saturated carbocycles. The molecule has 0 N–H and O–H groups in total. The van der Waals surface area contributed by atoms with E-state index in [1.54, 1.807) is 48.0 Å². The van der Waals surface area contributed by atoms with E-state index in [1.165, 1.54) is 0 Å². The van der Waals surface area contributed by atoms with E-state index in [-0.39, 0.29) is 11.6 Å². The number of ether oxygens (including phenoxy) is 2. The molecule has 6 heteroatoms. The minimum atomic E-state index is -0.522. The van der Waals surface area contributed by atoms with Crippen molar-refractivity contribution in [3.05, 3.63) is 88.9 Å². The smallest absolute Gasteiger partial charge is 0.363 e. The van der Waals surface area contributed by atoms with Crippen LogP contribution >= 0.6 is 0 Å². The molecule has 1 aliphatic heterocycles. The first-order valence-electron chi connectivity index (χ1n) is 8.97. The second kappa shape index (κ2) is 7.49. The number of hydrogen-bond acceptors (Lipinski definition) is 5. The predicted molar refractivity (Wildman–Crippen MR) is 108 cm³/mol. The van der Waals surface area contributed by atoms with Crippen LogP contribution in [0.4, 0.5) is 0 Å². The lowest BCUT2D eigenvalue weighted by atomic mass is 10.2. The number of cyclic esters (lactones) is 1. The number of aliphatic imine (C=N–C) groups is 1. The van der Waals surface area contributed by atoms with Crippen molar-refractivity contribution in [3.63, 3.8) is 0 Å². The van der Waals surface area contributed by atoms with Crippen LogP contribution in [0.5, 0.6) is 11.5 Å². The molecule has 0 unspecified atom stereocenters. The Kier molecular flexibility index (Phi) is 4.71. The number of rotatable bonds is 4. The van der Waals surface area contributed by atoms with Crippen LogP contribution in [0.15, 0.2) is 71.4 Å². The van der Waals surface area contributed by atoms with Crippen molar-refractivity contribution < 1.29 is 14.3 Å². The molecule has 0 radical (unpaired) electrons. The highest BCUT2D eigenvalue weighted by atomic mass is 16.6. The number of nitrogens with zero attached hydrogens (tertiary/aromatic N) is 3. The summed E-state index contributed by atoms with van der Waals surface area (Å²) in [5, 5.41) is 9.15. The molecule has 3 aromatic rings. The van der Waals surface area contributed by atoms with Gasteiger partial charge in [0.2, 0.25) is 5.90 Å². The third kappa shape index (κ3) is 3.66. The van der Waals surface area contributed by atoms with Crippen LogP contribution in [0.25, 0.3) is 6.08 Å². The average Bonchev–Trinajstić information content (AvgIpc) is 3.24. The number of carbonyl (C=O) groups excluding carboxylic acids is 1. The summed E-state index contributed by atoms with van der Waals surface area (Å²) in [7, 11) is 1.80. The Balaban J connectivity index is 1.57. The number of para-hydroxylation sites is 1. The summed E-state index contributed by atoms with van der Waals surface area (Å²) in [6.07, 6.45) is 1.64. The Labute approximate surface area is 168 Å². The van der Waals surface area contributed by atoms with Crippen LogP contribution in [0.2, 0.25) is 0 Å². The SMILES string of the molecule is Cc1c(/C=C2/N=C(c3ccc(Oc4ccccc4)cc3)OC2=O)cc(C#N)n1C. The Morgan fingerprint density at radius 2 is 1.79 bits per heavy atom. The lowest BCUT2D eigenvalue weighted by Crippen LogP contribution is -2.05. The van der Waals surface area contributed by atoms with Gasteiger partial charge in [0.15, 0.2) is 5.70 Å². The van der Waals surface area contributed by atoms with E-state index < -0.39 is 5.97 Å². The van der Waals surface area contributed by atoms with E-state index in [0.717, 1.165) is 17.0 Å². The van der Waals surface area contributed by atoms with E-state index in [0.29, 0.717) is 17.0 Å². The molecule has 0 aliphatic carbocycles. The molecule has 0 amide bonds. The summed E-state index contributed by atoms with van der Waals surface area (Å²) in [4.78, 5) is 16.6. The molecule has 2 heterocycles. The zero-order valence-electron chi connectivity index (χ0n) is 15.9. The van der Waals surface area contributed by atoms with Gasteiger partial charge in [-0.05, 0) is 61.0 Å². The number of carbonyl (C=O) groups is 1. The lowest BCUT2D eigenvalue weighted by Gasteiger charge is -2.06. The van der Waals surface area contributed by atoms with Crippen molar-refractivity contribution in [1.29, 1.82) is 5.26 Å². The van der Waals surface area contributed by atoms with Crippen molar-refractivity contribution in [2.24, 2.45) is 12.0 Å². The minimum absolute atomic E-state index is 0.197. The van der Waals surface area contributed by atoms with Gasteiger partial charge in [0.1, 0.15) is 23.3 Å². The van der Waals surface area contributed by atoms with Gasteiger partial charge in [-0.2, -0.15) is 5.26 Å². The first kappa shape index (κ1) is 18.3. The van der Waals surface area contributed by atoms with Gasteiger partial charge in [0.25, 0.3) is 0 Å². The van der Waals surface area contributed by atoms with E-state index in [2.05, 4.69) is 11.1 Å². The van der Waals surface area contributed by atoms with E-state index in [1.807, 2.05) is 37.3 Å². The third-order valence-electron chi connectivity index (χ3n) is 4.68. The highest BCUT2D eigenvalue weighted by Gasteiger charge is 2.25. The zero-order valence-corrected chi connectivity index (χ0v) is 15.9. The fraction of sp³-hybridized carbons (Fsp3) is 0.0870. The molecular weight excluding hydrogens is 366 g/mol. The van der Waals surface area contributed by atoms with Crippen molar-refractivity contribution in [2.45, 2.75) is 6.92 Å². The van der Waals surface area contributed by atoms with Gasteiger partial charge in [-0.1, -0.05) is 18.2 Å². The Bertz CT molecular complexity index is 1180. The van der Waals surface area contributed by atoms with Crippen LogP contribution in [0.1, 0.15) is 22.5 Å². The second-order valence-corrected chi connectivity index (χ2v) is 6.52. The summed E-state index contributed by atoms with van der Waals surface area (Å²) in [6, 6.07) is 20.5. The van der Waals surface area contributed by atoms with Crippen LogP contribution in [0.3, 0.4) is 0 Å². The number of hydrogen-bond donors (Lipinski definition) is 0. The summed E-state index contributed by atoms with van der Waals surface area (Å²) in [6.45, 7) is 1.88. The van der Waals surface area contributed by atoms with Gasteiger partial charge in [-0.25, -0.2) is 9.79 Å². The Morgan fingerprint density at radius 1 is 1.10 bits per heavy atom. The molecule has 2 aromatic carbocycles. The molecule has 0 fully saturated rings. The zero-order chi connectivity index (χ0) is 20.4. The first-order chi connectivity index (χ1) is 14.0. The monoisotopic (exact) mass is 383 g/mol. The number of esters is 1. The molecule has 29 heavy (non-hydrogen) atoms. The number of nitriles is 1. The number of benzene rings is 2. The van der Waals surface area contributed by atoms with E-state index in [4.69, 9.17) is 14.7 Å². The predicted octanol–water partition coefficient (Wildman–Crippen LogP) is 4.34. The van der Waals surface area contributed by atoms with E-state index in [9.17, 15) is 4.79 Å². The quantitative estimate of drug-likeness (QED) is 0.496. The molecule has 0 bridgehead atoms. The summed E-state index contributed by atoms with van der Waals surface area (Å²) in [5.74, 6) is 1.13. The molecule has 1 aliphatic rings. The van der Waals surface area contributed by atoms with Gasteiger partial charge in [-0.15, -0.1) is 0 Å². The third-order valence-corrected chi connectivity index (χ3v) is 4.68. The van der Waals surface area contributed by atoms with Gasteiger partial charge < -0.3 is 14.0 Å². The van der Waals surface area contributed by atoms with Gasteiger partial charge in [-0.3, -0.25) is 0 Å². The molecule has 142 valence electrons. The molecule has 1 aromatic heterocycles. The van der Waals surface area contributed by atoms with Crippen molar-refractivity contribution in [2.75, 3.05) is 0 Å². The minimum Gasteiger partial charge on any atom is -0.457 e. The van der Waals surface area contributed by atoms with Gasteiger partial charge in [0, 0.05) is 18.3 Å². The molecular formula is C23H17N3O3. The molecule has 0 spiro atoms. The van der Waals surface area contributed by atoms with Crippen LogP contribution < -0.4 is 4.74 Å². The maximum Gasteiger partial charge on any atom is 0.363 e. The van der Waals surface area contributed by atoms with Crippen molar-refractivity contribution in [1.82, 2.24) is 4.57 Å².